The van der Waals surface area contributed by atoms with Gasteiger partial charge in [0, 0.05) is 6.07 Å². The molecule has 0 saturated heterocycles. The van der Waals surface area contributed by atoms with Gasteiger partial charge >= 0.3 is 11.8 Å². The Morgan fingerprint density at radius 3 is 2.46 bits per heavy atom. The molecule has 8 nitrogen and oxygen atoms in total. The van der Waals surface area contributed by atoms with Crippen molar-refractivity contribution in [3.05, 3.63) is 48.4 Å². The fraction of sp³-hybridized carbons (Fsp3) is 0.167. The number of nitrogens with zero attached hydrogens (tertiary/aromatic N) is 2. The Kier molecular flexibility index (Phi) is 5.02. The second-order valence-corrected chi connectivity index (χ2v) is 5.13. The van der Waals surface area contributed by atoms with Crippen LogP contribution in [0.3, 0.4) is 0 Å². The van der Waals surface area contributed by atoms with E-state index in [0.717, 1.165) is 0 Å². The van der Waals surface area contributed by atoms with Gasteiger partial charge in [-0.1, -0.05) is 12.1 Å². The monoisotopic (exact) mass is 355 g/mol. The van der Waals surface area contributed by atoms with Crippen molar-refractivity contribution in [3.8, 4) is 28.7 Å². The van der Waals surface area contributed by atoms with E-state index in [1.165, 1.54) is 7.11 Å². The number of aromatic nitrogens is 2. The predicted octanol–water partition coefficient (Wildman–Crippen LogP) is 3.01. The van der Waals surface area contributed by atoms with E-state index < -0.39 is 5.91 Å². The lowest BCUT2D eigenvalue weighted by atomic mass is 10.2. The highest BCUT2D eigenvalue weighted by Gasteiger charge is 2.19. The minimum Gasteiger partial charge on any atom is -0.497 e. The third-order valence-corrected chi connectivity index (χ3v) is 3.61. The number of nitrogens with one attached hydrogen (secondary N) is 1. The normalized spacial score (nSPS) is 10.3. The van der Waals surface area contributed by atoms with Gasteiger partial charge in [-0.2, -0.15) is 0 Å². The van der Waals surface area contributed by atoms with Crippen LogP contribution in [0.2, 0.25) is 0 Å². The van der Waals surface area contributed by atoms with Crippen molar-refractivity contribution in [1.82, 2.24) is 10.2 Å². The van der Waals surface area contributed by atoms with E-state index in [2.05, 4.69) is 15.5 Å². The summed E-state index contributed by atoms with van der Waals surface area (Å²) < 4.78 is 21.1. The maximum absolute atomic E-state index is 12.4. The quantitative estimate of drug-likeness (QED) is 0.726. The molecule has 3 rings (SSSR count). The summed E-state index contributed by atoms with van der Waals surface area (Å²) in [4.78, 5) is 12.4. The van der Waals surface area contributed by atoms with Crippen LogP contribution in [0.25, 0.3) is 11.5 Å². The number of methoxy groups -OCH3 is 3. The number of carbonyl (C=O) groups is 1. The van der Waals surface area contributed by atoms with Crippen LogP contribution in [0.5, 0.6) is 17.2 Å². The van der Waals surface area contributed by atoms with Crippen LogP contribution in [0.15, 0.2) is 46.9 Å². The van der Waals surface area contributed by atoms with Gasteiger partial charge in [0.1, 0.15) is 17.2 Å². The number of hydrogen-bond acceptors (Lipinski definition) is 7. The van der Waals surface area contributed by atoms with Gasteiger partial charge in [0.05, 0.1) is 32.6 Å². The van der Waals surface area contributed by atoms with Gasteiger partial charge in [-0.05, 0) is 24.3 Å². The van der Waals surface area contributed by atoms with Crippen LogP contribution in [0.1, 0.15) is 10.7 Å². The lowest BCUT2D eigenvalue weighted by molar-refractivity contribution is 0.0990. The maximum Gasteiger partial charge on any atom is 0.313 e. The fourth-order valence-corrected chi connectivity index (χ4v) is 2.32. The summed E-state index contributed by atoms with van der Waals surface area (Å²) in [5.74, 6) is 1.08. The number of para-hydroxylation sites is 1. The number of rotatable bonds is 6. The van der Waals surface area contributed by atoms with Crippen LogP contribution in [0.4, 0.5) is 5.69 Å². The molecular formula is C18H17N3O5. The van der Waals surface area contributed by atoms with Crippen LogP contribution in [-0.2, 0) is 0 Å². The average Bonchev–Trinajstić information content (AvgIpc) is 3.18. The topological polar surface area (TPSA) is 95.7 Å². The van der Waals surface area contributed by atoms with Crippen molar-refractivity contribution in [2.24, 2.45) is 0 Å². The number of carbonyl (C=O) groups excluding carboxylic acids is 1. The van der Waals surface area contributed by atoms with Crippen LogP contribution in [0, 0.1) is 0 Å². The molecule has 134 valence electrons. The van der Waals surface area contributed by atoms with E-state index >= 15 is 0 Å². The molecule has 0 spiro atoms. The van der Waals surface area contributed by atoms with Crippen LogP contribution in [-0.4, -0.2) is 37.4 Å². The van der Waals surface area contributed by atoms with Gasteiger partial charge < -0.3 is 23.9 Å². The van der Waals surface area contributed by atoms with Gasteiger partial charge in [-0.25, -0.2) is 0 Å². The molecule has 2 aromatic carbocycles. The molecule has 1 amide bonds. The summed E-state index contributed by atoms with van der Waals surface area (Å²) in [7, 11) is 4.58. The number of ether oxygens (including phenoxy) is 3. The number of amides is 1. The van der Waals surface area contributed by atoms with Crippen molar-refractivity contribution < 1.29 is 23.4 Å². The second kappa shape index (κ2) is 7.56. The Morgan fingerprint density at radius 2 is 1.73 bits per heavy atom. The molecule has 26 heavy (non-hydrogen) atoms. The summed E-state index contributed by atoms with van der Waals surface area (Å²) >= 11 is 0. The second-order valence-electron chi connectivity index (χ2n) is 5.13. The molecule has 0 aliphatic heterocycles. The summed E-state index contributed by atoms with van der Waals surface area (Å²) in [6.45, 7) is 0. The summed E-state index contributed by atoms with van der Waals surface area (Å²) in [6.07, 6.45) is 0. The highest BCUT2D eigenvalue weighted by molar-refractivity contribution is 6.02. The zero-order valence-corrected chi connectivity index (χ0v) is 14.5. The van der Waals surface area contributed by atoms with Crippen molar-refractivity contribution in [2.75, 3.05) is 26.6 Å². The Morgan fingerprint density at radius 1 is 0.962 bits per heavy atom. The van der Waals surface area contributed by atoms with Crippen molar-refractivity contribution in [2.45, 2.75) is 0 Å². The van der Waals surface area contributed by atoms with Gasteiger partial charge in [-0.3, -0.25) is 4.79 Å². The van der Waals surface area contributed by atoms with Crippen molar-refractivity contribution >= 4 is 11.6 Å². The lowest BCUT2D eigenvalue weighted by Crippen LogP contribution is -2.13. The molecular weight excluding hydrogens is 338 g/mol. The Bertz CT molecular complexity index is 923. The summed E-state index contributed by atoms with van der Waals surface area (Å²) in [6, 6.07) is 12.2. The fourth-order valence-electron chi connectivity index (χ4n) is 2.32. The minimum atomic E-state index is -0.554. The number of benzene rings is 2. The average molecular weight is 355 g/mol. The van der Waals surface area contributed by atoms with Gasteiger partial charge in [0.2, 0.25) is 0 Å². The van der Waals surface area contributed by atoms with Crippen LogP contribution >= 0.6 is 0 Å². The Labute approximate surface area is 149 Å². The van der Waals surface area contributed by atoms with Crippen molar-refractivity contribution in [3.63, 3.8) is 0 Å². The van der Waals surface area contributed by atoms with Crippen molar-refractivity contribution in [1.29, 1.82) is 0 Å². The molecule has 3 aromatic rings. The zero-order valence-electron chi connectivity index (χ0n) is 14.5. The smallest absolute Gasteiger partial charge is 0.313 e. The summed E-state index contributed by atoms with van der Waals surface area (Å²) in [5, 5.41) is 10.4. The van der Waals surface area contributed by atoms with E-state index in [0.29, 0.717) is 28.5 Å². The lowest BCUT2D eigenvalue weighted by Gasteiger charge is -2.10. The van der Waals surface area contributed by atoms with E-state index in [9.17, 15) is 4.79 Å². The molecule has 0 bridgehead atoms. The maximum atomic E-state index is 12.4. The van der Waals surface area contributed by atoms with E-state index in [1.807, 2.05) is 12.1 Å². The highest BCUT2D eigenvalue weighted by Crippen LogP contribution is 2.30. The Balaban J connectivity index is 1.83. The summed E-state index contributed by atoms with van der Waals surface area (Å²) in [5.41, 5.74) is 1.05. The number of hydrogen-bond donors (Lipinski definition) is 1. The highest BCUT2D eigenvalue weighted by atomic mass is 16.5. The first-order chi connectivity index (χ1) is 12.7. The van der Waals surface area contributed by atoms with E-state index in [1.54, 1.807) is 44.6 Å². The molecule has 0 aliphatic carbocycles. The van der Waals surface area contributed by atoms with Gasteiger partial charge in [0.15, 0.2) is 0 Å². The van der Waals surface area contributed by atoms with Crippen LogP contribution < -0.4 is 19.5 Å². The molecule has 0 fully saturated rings. The van der Waals surface area contributed by atoms with E-state index in [-0.39, 0.29) is 11.8 Å². The number of anilines is 1. The SMILES string of the molecule is COc1ccc(NC(=O)c2nnc(-c3ccccc3OC)o2)c(OC)c1. The first-order valence-electron chi connectivity index (χ1n) is 7.66. The van der Waals surface area contributed by atoms with E-state index in [4.69, 9.17) is 18.6 Å². The first-order valence-corrected chi connectivity index (χ1v) is 7.66. The molecule has 1 heterocycles. The zero-order chi connectivity index (χ0) is 18.5. The molecule has 0 unspecified atom stereocenters. The first kappa shape index (κ1) is 17.3. The molecule has 1 N–H and O–H groups in total. The molecule has 1 aromatic heterocycles. The standard InChI is InChI=1S/C18H17N3O5/c1-23-11-8-9-13(15(10-11)25-3)19-16(22)18-21-20-17(26-18)12-6-4-5-7-14(12)24-2/h4-10H,1-3H3,(H,19,22). The predicted molar refractivity (Wildman–Crippen MR) is 93.8 cm³/mol. The largest absolute Gasteiger partial charge is 0.497 e. The minimum absolute atomic E-state index is 0.177. The molecule has 0 aliphatic rings. The third-order valence-electron chi connectivity index (χ3n) is 3.61. The third kappa shape index (κ3) is 3.44. The van der Waals surface area contributed by atoms with Gasteiger partial charge in [-0.15, -0.1) is 10.2 Å². The molecule has 0 saturated carbocycles. The Hall–Kier alpha value is -3.55. The van der Waals surface area contributed by atoms with Gasteiger partial charge in [0.25, 0.3) is 5.89 Å². The molecule has 8 heteroatoms. The molecule has 0 radical (unpaired) electrons. The molecule has 0 atom stereocenters.